The van der Waals surface area contributed by atoms with Crippen molar-refractivity contribution >= 4 is 17.3 Å². The maximum Gasteiger partial charge on any atom is 0.166 e. The SMILES string of the molecule is CNC(=S)NC(C)c1ccc(C)o1. The quantitative estimate of drug-likeness (QED) is 0.710. The van der Waals surface area contributed by atoms with E-state index >= 15 is 0 Å². The summed E-state index contributed by atoms with van der Waals surface area (Å²) in [6.07, 6.45) is 0. The Morgan fingerprint density at radius 1 is 1.54 bits per heavy atom. The number of rotatable bonds is 2. The van der Waals surface area contributed by atoms with Crippen molar-refractivity contribution in [3.8, 4) is 0 Å². The molecule has 1 heterocycles. The molecule has 0 fully saturated rings. The Balaban J connectivity index is 2.58. The Morgan fingerprint density at radius 3 is 2.69 bits per heavy atom. The molecule has 0 bridgehead atoms. The van der Waals surface area contributed by atoms with E-state index in [1.54, 1.807) is 7.05 Å². The molecule has 0 amide bonds. The summed E-state index contributed by atoms with van der Waals surface area (Å²) in [5, 5.41) is 6.56. The molecule has 0 aliphatic carbocycles. The number of aryl methyl sites for hydroxylation is 1. The van der Waals surface area contributed by atoms with Crippen LogP contribution in [-0.4, -0.2) is 12.2 Å². The first-order valence-electron chi connectivity index (χ1n) is 4.18. The highest BCUT2D eigenvalue weighted by Gasteiger charge is 2.09. The van der Waals surface area contributed by atoms with Crippen LogP contribution in [0.25, 0.3) is 0 Å². The molecule has 1 rings (SSSR count). The Bertz CT molecular complexity index is 296. The van der Waals surface area contributed by atoms with E-state index in [2.05, 4.69) is 10.6 Å². The summed E-state index contributed by atoms with van der Waals surface area (Å²) in [6.45, 7) is 3.93. The Morgan fingerprint density at radius 2 is 2.23 bits per heavy atom. The van der Waals surface area contributed by atoms with Gasteiger partial charge in [-0.1, -0.05) is 0 Å². The van der Waals surface area contributed by atoms with E-state index in [1.165, 1.54) is 0 Å². The van der Waals surface area contributed by atoms with Crippen molar-refractivity contribution in [2.45, 2.75) is 19.9 Å². The molecule has 4 heteroatoms. The van der Waals surface area contributed by atoms with Gasteiger partial charge in [0.15, 0.2) is 5.11 Å². The van der Waals surface area contributed by atoms with Crippen LogP contribution in [0.4, 0.5) is 0 Å². The van der Waals surface area contributed by atoms with Crippen molar-refractivity contribution < 1.29 is 4.42 Å². The minimum absolute atomic E-state index is 0.105. The van der Waals surface area contributed by atoms with E-state index in [0.717, 1.165) is 11.5 Å². The maximum absolute atomic E-state index is 5.44. The largest absolute Gasteiger partial charge is 0.464 e. The van der Waals surface area contributed by atoms with Crippen molar-refractivity contribution in [2.24, 2.45) is 0 Å². The van der Waals surface area contributed by atoms with E-state index in [1.807, 2.05) is 26.0 Å². The summed E-state index contributed by atoms with van der Waals surface area (Å²) in [6, 6.07) is 4.00. The number of thiocarbonyl (C=S) groups is 1. The number of nitrogens with one attached hydrogen (secondary N) is 2. The second kappa shape index (κ2) is 4.28. The molecule has 3 nitrogen and oxygen atoms in total. The van der Waals surface area contributed by atoms with Gasteiger partial charge in [-0.3, -0.25) is 0 Å². The van der Waals surface area contributed by atoms with Crippen LogP contribution in [0, 0.1) is 6.92 Å². The zero-order valence-corrected chi connectivity index (χ0v) is 8.87. The summed E-state index contributed by atoms with van der Waals surface area (Å²) in [5.74, 6) is 1.81. The van der Waals surface area contributed by atoms with Gasteiger partial charge in [-0.15, -0.1) is 0 Å². The van der Waals surface area contributed by atoms with Gasteiger partial charge >= 0.3 is 0 Å². The summed E-state index contributed by atoms with van der Waals surface area (Å²) >= 11 is 4.97. The third-order valence-electron chi connectivity index (χ3n) is 1.76. The highest BCUT2D eigenvalue weighted by molar-refractivity contribution is 7.80. The third-order valence-corrected chi connectivity index (χ3v) is 2.08. The van der Waals surface area contributed by atoms with Crippen LogP contribution in [-0.2, 0) is 0 Å². The fourth-order valence-corrected chi connectivity index (χ4v) is 1.20. The molecular weight excluding hydrogens is 184 g/mol. The summed E-state index contributed by atoms with van der Waals surface area (Å²) < 4.78 is 5.44. The Kier molecular flexibility index (Phi) is 3.31. The van der Waals surface area contributed by atoms with Crippen LogP contribution in [0.15, 0.2) is 16.5 Å². The van der Waals surface area contributed by atoms with Crippen molar-refractivity contribution in [3.63, 3.8) is 0 Å². The minimum atomic E-state index is 0.105. The molecule has 72 valence electrons. The van der Waals surface area contributed by atoms with Gasteiger partial charge in [-0.05, 0) is 38.2 Å². The van der Waals surface area contributed by atoms with Crippen LogP contribution < -0.4 is 10.6 Å². The summed E-state index contributed by atoms with van der Waals surface area (Å²) in [5.41, 5.74) is 0. The molecule has 1 aromatic heterocycles. The average molecular weight is 198 g/mol. The van der Waals surface area contributed by atoms with E-state index in [9.17, 15) is 0 Å². The lowest BCUT2D eigenvalue weighted by Crippen LogP contribution is -2.34. The van der Waals surface area contributed by atoms with Gasteiger partial charge in [0.2, 0.25) is 0 Å². The molecule has 0 aliphatic heterocycles. The fraction of sp³-hybridized carbons (Fsp3) is 0.444. The third kappa shape index (κ3) is 2.73. The van der Waals surface area contributed by atoms with Gasteiger partial charge in [-0.25, -0.2) is 0 Å². The lowest BCUT2D eigenvalue weighted by Gasteiger charge is -2.12. The highest BCUT2D eigenvalue weighted by atomic mass is 32.1. The van der Waals surface area contributed by atoms with E-state index in [0.29, 0.717) is 5.11 Å². The highest BCUT2D eigenvalue weighted by Crippen LogP contribution is 2.14. The summed E-state index contributed by atoms with van der Waals surface area (Å²) in [4.78, 5) is 0. The zero-order valence-electron chi connectivity index (χ0n) is 8.05. The van der Waals surface area contributed by atoms with E-state index in [-0.39, 0.29) is 6.04 Å². The molecular formula is C9H14N2OS. The summed E-state index contributed by atoms with van der Waals surface area (Å²) in [7, 11) is 1.79. The van der Waals surface area contributed by atoms with Crippen molar-refractivity contribution in [2.75, 3.05) is 7.05 Å². The molecule has 0 aliphatic rings. The van der Waals surface area contributed by atoms with Gasteiger partial charge < -0.3 is 15.1 Å². The van der Waals surface area contributed by atoms with Crippen molar-refractivity contribution in [1.29, 1.82) is 0 Å². The van der Waals surface area contributed by atoms with Crippen LogP contribution >= 0.6 is 12.2 Å². The van der Waals surface area contributed by atoms with Crippen LogP contribution in [0.1, 0.15) is 24.5 Å². The van der Waals surface area contributed by atoms with Crippen molar-refractivity contribution in [3.05, 3.63) is 23.7 Å². The molecule has 1 atom stereocenters. The second-order valence-electron chi connectivity index (χ2n) is 2.89. The molecule has 1 unspecified atom stereocenters. The Labute approximate surface area is 83.5 Å². The topological polar surface area (TPSA) is 37.2 Å². The molecule has 0 saturated carbocycles. The van der Waals surface area contributed by atoms with Gasteiger partial charge in [0, 0.05) is 7.05 Å². The standard InChI is InChI=1S/C9H14N2OS/c1-6-4-5-8(12-6)7(2)11-9(13)10-3/h4-5,7H,1-3H3,(H2,10,11,13). The molecule has 0 saturated heterocycles. The van der Waals surface area contributed by atoms with Gasteiger partial charge in [-0.2, -0.15) is 0 Å². The fourth-order valence-electron chi connectivity index (χ4n) is 1.03. The van der Waals surface area contributed by atoms with Gasteiger partial charge in [0.1, 0.15) is 11.5 Å². The molecule has 0 aromatic carbocycles. The lowest BCUT2D eigenvalue weighted by molar-refractivity contribution is 0.443. The minimum Gasteiger partial charge on any atom is -0.464 e. The molecule has 13 heavy (non-hydrogen) atoms. The molecule has 0 radical (unpaired) electrons. The predicted octanol–water partition coefficient (Wildman–Crippen LogP) is 1.74. The van der Waals surface area contributed by atoms with Gasteiger partial charge in [0.05, 0.1) is 6.04 Å². The zero-order chi connectivity index (χ0) is 9.84. The lowest BCUT2D eigenvalue weighted by atomic mass is 10.2. The van der Waals surface area contributed by atoms with E-state index in [4.69, 9.17) is 16.6 Å². The monoisotopic (exact) mass is 198 g/mol. The van der Waals surface area contributed by atoms with Crippen molar-refractivity contribution in [1.82, 2.24) is 10.6 Å². The average Bonchev–Trinajstić information content (AvgIpc) is 2.51. The van der Waals surface area contributed by atoms with Crippen LogP contribution in [0.3, 0.4) is 0 Å². The molecule has 2 N–H and O–H groups in total. The predicted molar refractivity (Wildman–Crippen MR) is 56.7 cm³/mol. The normalized spacial score (nSPS) is 12.2. The van der Waals surface area contributed by atoms with Gasteiger partial charge in [0.25, 0.3) is 0 Å². The Hall–Kier alpha value is -1.03. The van der Waals surface area contributed by atoms with Crippen LogP contribution in [0.5, 0.6) is 0 Å². The smallest absolute Gasteiger partial charge is 0.166 e. The van der Waals surface area contributed by atoms with Crippen LogP contribution in [0.2, 0.25) is 0 Å². The second-order valence-corrected chi connectivity index (χ2v) is 3.30. The maximum atomic E-state index is 5.44. The number of hydrogen-bond acceptors (Lipinski definition) is 2. The first kappa shape index (κ1) is 10.1. The molecule has 1 aromatic rings. The number of hydrogen-bond donors (Lipinski definition) is 2. The first-order chi connectivity index (χ1) is 6.13. The van der Waals surface area contributed by atoms with E-state index < -0.39 is 0 Å². The first-order valence-corrected chi connectivity index (χ1v) is 4.59. The molecule has 0 spiro atoms. The number of furan rings is 1.